The summed E-state index contributed by atoms with van der Waals surface area (Å²) in [6, 6.07) is 17.5. The van der Waals surface area contributed by atoms with Crippen molar-refractivity contribution in [2.24, 2.45) is 0 Å². The highest BCUT2D eigenvalue weighted by Gasteiger charge is 2.14. The third-order valence-electron chi connectivity index (χ3n) is 4.18. The highest BCUT2D eigenvalue weighted by atomic mass is 32.2. The molecule has 0 spiro atoms. The number of fused-ring (bicyclic) bond motifs is 2. The van der Waals surface area contributed by atoms with Crippen molar-refractivity contribution in [1.82, 2.24) is 15.0 Å². The summed E-state index contributed by atoms with van der Waals surface area (Å²) >= 11 is 2.90. The Bertz CT molecular complexity index is 1270. The fourth-order valence-corrected chi connectivity index (χ4v) is 4.61. The largest absolute Gasteiger partial charge is 0.431 e. The summed E-state index contributed by atoms with van der Waals surface area (Å²) in [6.45, 7) is 0. The summed E-state index contributed by atoms with van der Waals surface area (Å²) in [4.78, 5) is 25.4. The van der Waals surface area contributed by atoms with Gasteiger partial charge in [-0.05, 0) is 17.7 Å². The van der Waals surface area contributed by atoms with Crippen LogP contribution >= 0.6 is 23.1 Å². The van der Waals surface area contributed by atoms with E-state index in [0.717, 1.165) is 27.1 Å². The topological polar surface area (TPSA) is 71.8 Å². The number of H-pyrrole nitrogens is 1. The van der Waals surface area contributed by atoms with Crippen molar-refractivity contribution >= 4 is 44.4 Å². The molecule has 0 atom stereocenters. The van der Waals surface area contributed by atoms with E-state index in [1.165, 1.54) is 23.1 Å². The Morgan fingerprint density at radius 2 is 1.85 bits per heavy atom. The van der Waals surface area contributed by atoms with Crippen LogP contribution < -0.4 is 5.56 Å². The van der Waals surface area contributed by atoms with Crippen LogP contribution in [-0.2, 0) is 5.75 Å². The van der Waals surface area contributed by atoms with Crippen molar-refractivity contribution in [3.63, 3.8) is 0 Å². The van der Waals surface area contributed by atoms with Crippen LogP contribution in [0.25, 0.3) is 32.4 Å². The molecule has 0 amide bonds. The van der Waals surface area contributed by atoms with Crippen LogP contribution in [0.15, 0.2) is 74.4 Å². The van der Waals surface area contributed by atoms with E-state index >= 15 is 0 Å². The lowest BCUT2D eigenvalue weighted by Crippen LogP contribution is -2.10. The lowest BCUT2D eigenvalue weighted by molar-refractivity contribution is 0.489. The number of para-hydroxylation sites is 2. The molecule has 5 aromatic rings. The Morgan fingerprint density at radius 1 is 1.04 bits per heavy atom. The summed E-state index contributed by atoms with van der Waals surface area (Å²) in [5.74, 6) is 1.09. The number of nitrogens with one attached hydrogen (secondary N) is 1. The summed E-state index contributed by atoms with van der Waals surface area (Å²) in [5.41, 5.74) is 3.39. The third kappa shape index (κ3) is 3.05. The minimum Gasteiger partial charge on any atom is -0.431 e. The number of thioether (sulfide) groups is 1. The SMILES string of the molecule is O=c1[nH]c(CSc2nc3ccccc3o2)nc2scc(-c3ccccc3)c12. The number of nitrogens with zero attached hydrogens (tertiary/aromatic N) is 2. The molecule has 1 N–H and O–H groups in total. The summed E-state index contributed by atoms with van der Waals surface area (Å²) in [7, 11) is 0. The quantitative estimate of drug-likeness (QED) is 0.432. The zero-order valence-electron chi connectivity index (χ0n) is 14.0. The first kappa shape index (κ1) is 16.3. The second-order valence-corrected chi connectivity index (χ2v) is 7.73. The van der Waals surface area contributed by atoms with Gasteiger partial charge in [0.15, 0.2) is 5.58 Å². The molecule has 5 nitrogen and oxygen atoms in total. The molecule has 3 heterocycles. The number of rotatable bonds is 4. The molecule has 7 heteroatoms. The lowest BCUT2D eigenvalue weighted by atomic mass is 10.1. The minimum atomic E-state index is -0.117. The maximum Gasteiger partial charge on any atom is 0.260 e. The van der Waals surface area contributed by atoms with E-state index in [9.17, 15) is 4.79 Å². The van der Waals surface area contributed by atoms with E-state index in [4.69, 9.17) is 4.42 Å². The van der Waals surface area contributed by atoms with E-state index in [1.54, 1.807) is 0 Å². The van der Waals surface area contributed by atoms with Gasteiger partial charge in [-0.15, -0.1) is 11.3 Å². The summed E-state index contributed by atoms with van der Waals surface area (Å²) < 4.78 is 5.70. The van der Waals surface area contributed by atoms with E-state index in [2.05, 4.69) is 15.0 Å². The molecule has 0 fully saturated rings. The van der Waals surface area contributed by atoms with E-state index < -0.39 is 0 Å². The molecular formula is C20H13N3O2S2. The number of aromatic amines is 1. The second-order valence-electron chi connectivity index (χ2n) is 5.94. The van der Waals surface area contributed by atoms with Crippen LogP contribution in [0.2, 0.25) is 0 Å². The zero-order valence-corrected chi connectivity index (χ0v) is 15.6. The first-order valence-electron chi connectivity index (χ1n) is 8.32. The molecule has 132 valence electrons. The number of aromatic nitrogens is 3. The van der Waals surface area contributed by atoms with Crippen LogP contribution in [0.1, 0.15) is 5.82 Å². The van der Waals surface area contributed by atoms with Gasteiger partial charge in [0.1, 0.15) is 16.2 Å². The molecule has 0 aliphatic heterocycles. The molecule has 0 bridgehead atoms. The molecule has 5 rings (SSSR count). The van der Waals surface area contributed by atoms with Crippen molar-refractivity contribution < 1.29 is 4.42 Å². The molecule has 0 unspecified atom stereocenters. The van der Waals surface area contributed by atoms with Gasteiger partial charge in [0.25, 0.3) is 10.8 Å². The Morgan fingerprint density at radius 3 is 2.70 bits per heavy atom. The first-order chi connectivity index (χ1) is 13.3. The van der Waals surface area contributed by atoms with E-state index in [0.29, 0.717) is 22.2 Å². The monoisotopic (exact) mass is 391 g/mol. The number of hydrogen-bond donors (Lipinski definition) is 1. The van der Waals surface area contributed by atoms with Crippen LogP contribution in [0.4, 0.5) is 0 Å². The fraction of sp³-hybridized carbons (Fsp3) is 0.0500. The highest BCUT2D eigenvalue weighted by Crippen LogP contribution is 2.31. The van der Waals surface area contributed by atoms with Crippen LogP contribution in [0.3, 0.4) is 0 Å². The Hall–Kier alpha value is -2.90. The summed E-state index contributed by atoms with van der Waals surface area (Å²) in [5, 5.41) is 3.19. The van der Waals surface area contributed by atoms with Gasteiger partial charge >= 0.3 is 0 Å². The van der Waals surface area contributed by atoms with Crippen LogP contribution in [0.5, 0.6) is 0 Å². The van der Waals surface area contributed by atoms with Gasteiger partial charge in [-0.25, -0.2) is 9.97 Å². The van der Waals surface area contributed by atoms with Gasteiger partial charge in [-0.2, -0.15) is 0 Å². The molecule has 0 aliphatic rings. The predicted molar refractivity (Wildman–Crippen MR) is 109 cm³/mol. The van der Waals surface area contributed by atoms with Crippen molar-refractivity contribution in [3.8, 4) is 11.1 Å². The van der Waals surface area contributed by atoms with Gasteiger partial charge in [0.2, 0.25) is 0 Å². The smallest absolute Gasteiger partial charge is 0.260 e. The average Bonchev–Trinajstić information content (AvgIpc) is 3.31. The fourth-order valence-electron chi connectivity index (χ4n) is 2.93. The van der Waals surface area contributed by atoms with Gasteiger partial charge in [0.05, 0.1) is 11.1 Å². The Balaban J connectivity index is 1.45. The third-order valence-corrected chi connectivity index (χ3v) is 5.90. The van der Waals surface area contributed by atoms with Crippen molar-refractivity contribution in [2.45, 2.75) is 11.0 Å². The average molecular weight is 391 g/mol. The van der Waals surface area contributed by atoms with Gasteiger partial charge in [0, 0.05) is 10.9 Å². The van der Waals surface area contributed by atoms with E-state index in [-0.39, 0.29) is 5.56 Å². The number of thiophene rings is 1. The molecule has 27 heavy (non-hydrogen) atoms. The molecule has 2 aromatic carbocycles. The molecule has 0 aliphatic carbocycles. The van der Waals surface area contributed by atoms with Crippen molar-refractivity contribution in [2.75, 3.05) is 0 Å². The number of benzene rings is 2. The standard InChI is InChI=1S/C20H13N3O2S2/c24-18-17-13(12-6-2-1-3-7-12)10-26-19(17)23-16(22-18)11-27-20-21-14-8-4-5-9-15(14)25-20/h1-10H,11H2,(H,22,23,24). The molecule has 3 aromatic heterocycles. The van der Waals surface area contributed by atoms with Crippen LogP contribution in [-0.4, -0.2) is 15.0 Å². The second kappa shape index (κ2) is 6.68. The highest BCUT2D eigenvalue weighted by molar-refractivity contribution is 7.98. The molecule has 0 saturated carbocycles. The number of oxazole rings is 1. The van der Waals surface area contributed by atoms with Gasteiger partial charge < -0.3 is 9.40 Å². The number of hydrogen-bond acceptors (Lipinski definition) is 6. The Kier molecular flexibility index (Phi) is 4.03. The molecular weight excluding hydrogens is 378 g/mol. The predicted octanol–water partition coefficient (Wildman–Crippen LogP) is 5.09. The molecule has 0 radical (unpaired) electrons. The van der Waals surface area contributed by atoms with Gasteiger partial charge in [-0.3, -0.25) is 4.79 Å². The lowest BCUT2D eigenvalue weighted by Gasteiger charge is -2.01. The zero-order chi connectivity index (χ0) is 18.2. The maximum atomic E-state index is 12.7. The Labute approximate surface area is 162 Å². The van der Waals surface area contributed by atoms with Crippen LogP contribution in [0, 0.1) is 0 Å². The summed E-state index contributed by atoms with van der Waals surface area (Å²) in [6.07, 6.45) is 0. The maximum absolute atomic E-state index is 12.7. The normalized spacial score (nSPS) is 11.4. The van der Waals surface area contributed by atoms with Crippen molar-refractivity contribution in [3.05, 3.63) is 76.2 Å². The van der Waals surface area contributed by atoms with E-state index in [1.807, 2.05) is 60.0 Å². The molecule has 0 saturated heterocycles. The minimum absolute atomic E-state index is 0.117. The van der Waals surface area contributed by atoms with Gasteiger partial charge in [-0.1, -0.05) is 54.2 Å². The van der Waals surface area contributed by atoms with Crippen molar-refractivity contribution in [1.29, 1.82) is 0 Å². The first-order valence-corrected chi connectivity index (χ1v) is 10.2.